The standard InChI is InChI=1S/C17H21N5O2/c1-3-10(2)15-16(24)19-12-7-5-4-6-11(12)9-22(15)17-20-13(18)8-14(23)21-17/h4-8,10,15H,3,9H2,1-2H3,(H,19,24)(H3,18,20,21,23)/t10-,15-/m0/s1. The number of hydrogen-bond acceptors (Lipinski definition) is 5. The number of anilines is 3. The number of amides is 1. The van der Waals surface area contributed by atoms with Gasteiger partial charge in [-0.3, -0.25) is 14.6 Å². The maximum atomic E-state index is 12.8. The van der Waals surface area contributed by atoms with Crippen LogP contribution < -0.4 is 21.5 Å². The van der Waals surface area contributed by atoms with Crippen molar-refractivity contribution in [3.63, 3.8) is 0 Å². The number of hydrogen-bond donors (Lipinski definition) is 3. The Hall–Kier alpha value is -2.83. The summed E-state index contributed by atoms with van der Waals surface area (Å²) in [6, 6.07) is 8.41. The molecule has 2 heterocycles. The first-order chi connectivity index (χ1) is 11.5. The average molecular weight is 327 g/mol. The van der Waals surface area contributed by atoms with Crippen LogP contribution in [0.2, 0.25) is 0 Å². The molecular formula is C17H21N5O2. The number of carbonyl (C=O) groups excluding carboxylic acids is 1. The first kappa shape index (κ1) is 16.0. The first-order valence-electron chi connectivity index (χ1n) is 8.02. The van der Waals surface area contributed by atoms with E-state index in [0.717, 1.165) is 17.7 Å². The summed E-state index contributed by atoms with van der Waals surface area (Å²) in [7, 11) is 0. The second-order valence-electron chi connectivity index (χ2n) is 6.10. The fourth-order valence-electron chi connectivity index (χ4n) is 3.00. The van der Waals surface area contributed by atoms with E-state index in [-0.39, 0.29) is 23.2 Å². The summed E-state index contributed by atoms with van der Waals surface area (Å²) in [5.74, 6) is 0.414. The summed E-state index contributed by atoms with van der Waals surface area (Å²) in [5, 5.41) is 2.99. The second kappa shape index (κ2) is 6.35. The maximum Gasteiger partial charge on any atom is 0.254 e. The van der Waals surface area contributed by atoms with Crippen LogP contribution in [0.4, 0.5) is 17.5 Å². The van der Waals surface area contributed by atoms with Crippen molar-refractivity contribution in [3.05, 3.63) is 46.2 Å². The Balaban J connectivity index is 2.13. The lowest BCUT2D eigenvalue weighted by Crippen LogP contribution is -2.47. The monoisotopic (exact) mass is 327 g/mol. The van der Waals surface area contributed by atoms with Gasteiger partial charge in [0.25, 0.3) is 5.56 Å². The van der Waals surface area contributed by atoms with Gasteiger partial charge in [-0.1, -0.05) is 38.5 Å². The van der Waals surface area contributed by atoms with E-state index in [9.17, 15) is 9.59 Å². The van der Waals surface area contributed by atoms with Gasteiger partial charge >= 0.3 is 0 Å². The van der Waals surface area contributed by atoms with Gasteiger partial charge in [-0.05, 0) is 17.5 Å². The van der Waals surface area contributed by atoms with E-state index < -0.39 is 6.04 Å². The molecule has 0 radical (unpaired) electrons. The highest BCUT2D eigenvalue weighted by molar-refractivity contribution is 5.98. The lowest BCUT2D eigenvalue weighted by atomic mass is 9.97. The van der Waals surface area contributed by atoms with Gasteiger partial charge in [0.15, 0.2) is 0 Å². The molecule has 0 saturated heterocycles. The van der Waals surface area contributed by atoms with E-state index in [2.05, 4.69) is 15.3 Å². The van der Waals surface area contributed by atoms with Crippen LogP contribution in [0.25, 0.3) is 0 Å². The molecule has 1 aliphatic heterocycles. The minimum atomic E-state index is -0.452. The molecule has 0 saturated carbocycles. The lowest BCUT2D eigenvalue weighted by molar-refractivity contribution is -0.118. The predicted molar refractivity (Wildman–Crippen MR) is 93.8 cm³/mol. The van der Waals surface area contributed by atoms with Crippen LogP contribution in [-0.4, -0.2) is 21.9 Å². The van der Waals surface area contributed by atoms with Crippen molar-refractivity contribution >= 4 is 23.4 Å². The number of para-hydroxylation sites is 1. The molecule has 0 unspecified atom stereocenters. The quantitative estimate of drug-likeness (QED) is 0.796. The van der Waals surface area contributed by atoms with Crippen molar-refractivity contribution in [3.8, 4) is 0 Å². The summed E-state index contributed by atoms with van der Waals surface area (Å²) in [6.07, 6.45) is 0.817. The Morgan fingerprint density at radius 1 is 1.38 bits per heavy atom. The van der Waals surface area contributed by atoms with E-state index in [1.165, 1.54) is 6.07 Å². The summed E-state index contributed by atoms with van der Waals surface area (Å²) >= 11 is 0. The molecular weight excluding hydrogens is 306 g/mol. The molecule has 2 aromatic rings. The molecule has 4 N–H and O–H groups in total. The highest BCUT2D eigenvalue weighted by Crippen LogP contribution is 2.29. The number of nitrogens with two attached hydrogens (primary N) is 1. The van der Waals surface area contributed by atoms with Gasteiger partial charge in [0.05, 0.1) is 0 Å². The van der Waals surface area contributed by atoms with E-state index in [1.54, 1.807) is 0 Å². The fraction of sp³-hybridized carbons (Fsp3) is 0.353. The van der Waals surface area contributed by atoms with Crippen LogP contribution in [0.1, 0.15) is 25.8 Å². The van der Waals surface area contributed by atoms with Gasteiger partial charge < -0.3 is 16.0 Å². The normalized spacial score (nSPS) is 18.5. The molecule has 126 valence electrons. The van der Waals surface area contributed by atoms with Crippen LogP contribution in [0.5, 0.6) is 0 Å². The van der Waals surface area contributed by atoms with E-state index in [0.29, 0.717) is 12.5 Å². The molecule has 7 heteroatoms. The first-order valence-corrected chi connectivity index (χ1v) is 8.02. The molecule has 1 amide bonds. The van der Waals surface area contributed by atoms with Crippen molar-refractivity contribution in [2.45, 2.75) is 32.9 Å². The summed E-state index contributed by atoms with van der Waals surface area (Å²) in [5.41, 5.74) is 7.14. The maximum absolute atomic E-state index is 12.8. The van der Waals surface area contributed by atoms with Crippen LogP contribution in [0.15, 0.2) is 35.1 Å². The largest absolute Gasteiger partial charge is 0.383 e. The Labute approximate surface area is 139 Å². The number of aromatic nitrogens is 2. The van der Waals surface area contributed by atoms with Gasteiger partial charge in [-0.25, -0.2) is 0 Å². The van der Waals surface area contributed by atoms with Gasteiger partial charge in [-0.15, -0.1) is 0 Å². The number of rotatable bonds is 3. The number of aromatic amines is 1. The van der Waals surface area contributed by atoms with Gasteiger partial charge in [0.2, 0.25) is 11.9 Å². The van der Waals surface area contributed by atoms with Crippen LogP contribution in [-0.2, 0) is 11.3 Å². The van der Waals surface area contributed by atoms with Crippen molar-refractivity contribution in [2.75, 3.05) is 16.0 Å². The van der Waals surface area contributed by atoms with E-state index >= 15 is 0 Å². The fourth-order valence-corrected chi connectivity index (χ4v) is 3.00. The lowest BCUT2D eigenvalue weighted by Gasteiger charge is -2.32. The van der Waals surface area contributed by atoms with Crippen molar-refractivity contribution in [1.82, 2.24) is 9.97 Å². The molecule has 0 bridgehead atoms. The van der Waals surface area contributed by atoms with Crippen LogP contribution in [0, 0.1) is 5.92 Å². The molecule has 0 aliphatic carbocycles. The molecule has 1 aliphatic rings. The molecule has 0 spiro atoms. The SMILES string of the molecule is CC[C@H](C)[C@H]1C(=O)Nc2ccccc2CN1c1nc(N)cc(=O)[nH]1. The molecule has 24 heavy (non-hydrogen) atoms. The van der Waals surface area contributed by atoms with Crippen LogP contribution >= 0.6 is 0 Å². The number of carbonyl (C=O) groups is 1. The summed E-state index contributed by atoms with van der Waals surface area (Å²) in [6.45, 7) is 4.50. The Bertz CT molecular complexity index is 817. The zero-order chi connectivity index (χ0) is 17.3. The number of nitrogens with one attached hydrogen (secondary N) is 2. The Morgan fingerprint density at radius 3 is 2.83 bits per heavy atom. The number of H-pyrrole nitrogens is 1. The molecule has 3 rings (SSSR count). The highest BCUT2D eigenvalue weighted by Gasteiger charge is 2.35. The van der Waals surface area contributed by atoms with Gasteiger partial charge in [0.1, 0.15) is 11.9 Å². The van der Waals surface area contributed by atoms with Gasteiger partial charge in [-0.2, -0.15) is 4.98 Å². The number of nitrogens with zero attached hydrogens (tertiary/aromatic N) is 2. The van der Waals surface area contributed by atoms with E-state index in [4.69, 9.17) is 5.73 Å². The third-order valence-electron chi connectivity index (χ3n) is 4.42. The van der Waals surface area contributed by atoms with Gasteiger partial charge in [0, 0.05) is 18.3 Å². The number of benzene rings is 1. The predicted octanol–water partition coefficient (Wildman–Crippen LogP) is 1.73. The molecule has 2 atom stereocenters. The molecule has 1 aromatic carbocycles. The van der Waals surface area contributed by atoms with Crippen molar-refractivity contribution in [2.24, 2.45) is 5.92 Å². The minimum Gasteiger partial charge on any atom is -0.383 e. The number of fused-ring (bicyclic) bond motifs is 1. The molecule has 0 fully saturated rings. The summed E-state index contributed by atoms with van der Waals surface area (Å²) in [4.78, 5) is 33.4. The average Bonchev–Trinajstić information content (AvgIpc) is 2.69. The van der Waals surface area contributed by atoms with Crippen molar-refractivity contribution < 1.29 is 4.79 Å². The third kappa shape index (κ3) is 2.97. The highest BCUT2D eigenvalue weighted by atomic mass is 16.2. The number of nitrogen functional groups attached to an aromatic ring is 1. The van der Waals surface area contributed by atoms with Crippen LogP contribution in [0.3, 0.4) is 0 Å². The smallest absolute Gasteiger partial charge is 0.254 e. The second-order valence-corrected chi connectivity index (χ2v) is 6.10. The minimum absolute atomic E-state index is 0.0750. The topological polar surface area (TPSA) is 104 Å². The zero-order valence-electron chi connectivity index (χ0n) is 13.7. The zero-order valence-corrected chi connectivity index (χ0v) is 13.7. The Kier molecular flexibility index (Phi) is 4.24. The molecule has 7 nitrogen and oxygen atoms in total. The van der Waals surface area contributed by atoms with E-state index in [1.807, 2.05) is 43.0 Å². The summed E-state index contributed by atoms with van der Waals surface area (Å²) < 4.78 is 0. The van der Waals surface area contributed by atoms with Crippen molar-refractivity contribution in [1.29, 1.82) is 0 Å². The third-order valence-corrected chi connectivity index (χ3v) is 4.42. The molecule has 1 aromatic heterocycles. The Morgan fingerprint density at radius 2 is 2.12 bits per heavy atom.